The number of hydrogen-bond donors (Lipinski definition) is 2. The highest BCUT2D eigenvalue weighted by atomic mass is 16.3. The Morgan fingerprint density at radius 3 is 2.61 bits per heavy atom. The number of hydrogen-bond acceptors (Lipinski definition) is 6. The Kier molecular flexibility index (Phi) is 4.76. The third kappa shape index (κ3) is 3.69. The predicted molar refractivity (Wildman–Crippen MR) is 120 cm³/mol. The highest BCUT2D eigenvalue weighted by molar-refractivity contribution is 5.89. The average molecular weight is 408 g/mol. The van der Waals surface area contributed by atoms with Gasteiger partial charge in [0.05, 0.1) is 17.8 Å². The molecule has 0 unspecified atom stereocenters. The summed E-state index contributed by atoms with van der Waals surface area (Å²) in [5.74, 6) is 0.941. The van der Waals surface area contributed by atoms with Crippen LogP contribution in [-0.4, -0.2) is 29.7 Å². The number of aromatic hydroxyl groups is 1. The van der Waals surface area contributed by atoms with Crippen molar-refractivity contribution in [3.63, 3.8) is 0 Å². The third-order valence-corrected chi connectivity index (χ3v) is 5.00. The molecule has 0 saturated carbocycles. The zero-order chi connectivity index (χ0) is 21.2. The van der Waals surface area contributed by atoms with Gasteiger partial charge in [-0.05, 0) is 42.3 Å². The molecule has 31 heavy (non-hydrogen) atoms. The number of pyridine rings is 2. The van der Waals surface area contributed by atoms with E-state index >= 15 is 0 Å². The van der Waals surface area contributed by atoms with Gasteiger partial charge in [0.1, 0.15) is 5.52 Å². The quantitative estimate of drug-likeness (QED) is 0.446. The highest BCUT2D eigenvalue weighted by Gasteiger charge is 2.17. The fourth-order valence-corrected chi connectivity index (χ4v) is 3.52. The Hall–Kier alpha value is -4.26. The number of nitrogens with one attached hydrogen (secondary N) is 1. The zero-order valence-corrected chi connectivity index (χ0v) is 16.9. The minimum atomic E-state index is -0.101. The van der Waals surface area contributed by atoms with Crippen molar-refractivity contribution in [1.82, 2.24) is 24.6 Å². The van der Waals surface area contributed by atoms with E-state index in [9.17, 15) is 5.11 Å². The van der Waals surface area contributed by atoms with Crippen LogP contribution in [0.2, 0.25) is 0 Å². The molecule has 4 heterocycles. The van der Waals surface area contributed by atoms with Crippen LogP contribution in [0.15, 0.2) is 79.3 Å². The predicted octanol–water partition coefficient (Wildman–Crippen LogP) is 4.48. The maximum Gasteiger partial charge on any atom is 0.222 e. The monoisotopic (exact) mass is 408 g/mol. The third-order valence-electron chi connectivity index (χ3n) is 5.00. The molecule has 7 heteroatoms. The van der Waals surface area contributed by atoms with Crippen LogP contribution in [0, 0.1) is 6.92 Å². The summed E-state index contributed by atoms with van der Waals surface area (Å²) in [7, 11) is 0. The van der Waals surface area contributed by atoms with E-state index in [1.54, 1.807) is 16.9 Å². The first-order valence-electron chi connectivity index (χ1n) is 9.93. The second-order valence-electron chi connectivity index (χ2n) is 7.23. The minimum absolute atomic E-state index is 0.101. The summed E-state index contributed by atoms with van der Waals surface area (Å²) in [4.78, 5) is 13.2. The van der Waals surface area contributed by atoms with Crippen LogP contribution in [0.4, 0.5) is 5.82 Å². The Labute approximate surface area is 179 Å². The topological polar surface area (TPSA) is 88.2 Å². The van der Waals surface area contributed by atoms with Crippen molar-refractivity contribution in [2.24, 2.45) is 0 Å². The van der Waals surface area contributed by atoms with Gasteiger partial charge < -0.3 is 10.4 Å². The van der Waals surface area contributed by atoms with E-state index in [2.05, 4.69) is 32.5 Å². The maximum atomic E-state index is 10.3. The van der Waals surface area contributed by atoms with Gasteiger partial charge in [0, 0.05) is 24.2 Å². The van der Waals surface area contributed by atoms with Crippen LogP contribution in [-0.2, 0) is 6.54 Å². The number of benzene rings is 1. The first-order chi connectivity index (χ1) is 15.2. The summed E-state index contributed by atoms with van der Waals surface area (Å²) in [5, 5.41) is 18.4. The van der Waals surface area contributed by atoms with Crippen molar-refractivity contribution >= 4 is 11.3 Å². The molecular formula is C24H20N6O. The Morgan fingerprint density at radius 1 is 0.968 bits per heavy atom. The molecule has 0 atom stereocenters. The van der Waals surface area contributed by atoms with Gasteiger partial charge in [-0.1, -0.05) is 36.4 Å². The minimum Gasteiger partial charge on any atom is -0.493 e. The van der Waals surface area contributed by atoms with E-state index < -0.39 is 0 Å². The summed E-state index contributed by atoms with van der Waals surface area (Å²) < 4.78 is 1.78. The molecule has 0 aliphatic rings. The second kappa shape index (κ2) is 7.87. The zero-order valence-electron chi connectivity index (χ0n) is 16.9. The standard InChI is InChI=1S/C24H20N6O/c1-16-13-20(24(31)27-14-16)22-28-23(26-15-18-9-5-6-11-25-18)21-19(10-12-30(21)29-22)17-7-3-2-4-8-17/h2-14H,15H2,1H3,(H,27,31)(H,26,28,29). The van der Waals surface area contributed by atoms with Crippen LogP contribution < -0.4 is 5.32 Å². The molecule has 0 saturated heterocycles. The van der Waals surface area contributed by atoms with Crippen LogP contribution >= 0.6 is 0 Å². The summed E-state index contributed by atoms with van der Waals surface area (Å²) in [6.07, 6.45) is 5.27. The van der Waals surface area contributed by atoms with Crippen LogP contribution in [0.3, 0.4) is 0 Å². The van der Waals surface area contributed by atoms with Crippen molar-refractivity contribution in [2.45, 2.75) is 13.5 Å². The molecule has 4 aromatic heterocycles. The van der Waals surface area contributed by atoms with Crippen LogP contribution in [0.25, 0.3) is 28.0 Å². The number of nitrogens with zero attached hydrogens (tertiary/aromatic N) is 5. The summed E-state index contributed by atoms with van der Waals surface area (Å²) in [6.45, 7) is 2.42. The lowest BCUT2D eigenvalue weighted by Gasteiger charge is -2.12. The Bertz CT molecular complexity index is 1350. The first-order valence-corrected chi connectivity index (χ1v) is 9.93. The van der Waals surface area contributed by atoms with Gasteiger partial charge in [0.2, 0.25) is 5.88 Å². The number of aromatic nitrogens is 5. The first kappa shape index (κ1) is 18.7. The highest BCUT2D eigenvalue weighted by Crippen LogP contribution is 2.32. The van der Waals surface area contributed by atoms with E-state index in [1.807, 2.05) is 61.7 Å². The maximum absolute atomic E-state index is 10.3. The molecule has 5 aromatic rings. The largest absolute Gasteiger partial charge is 0.493 e. The van der Waals surface area contributed by atoms with Crippen molar-refractivity contribution in [3.05, 3.63) is 90.5 Å². The van der Waals surface area contributed by atoms with Crippen molar-refractivity contribution < 1.29 is 5.11 Å². The molecule has 0 aliphatic carbocycles. The molecule has 0 spiro atoms. The normalized spacial score (nSPS) is 11.0. The van der Waals surface area contributed by atoms with E-state index in [0.29, 0.717) is 23.8 Å². The molecule has 152 valence electrons. The fraction of sp³-hybridized carbons (Fsp3) is 0.0833. The van der Waals surface area contributed by atoms with Crippen LogP contribution in [0.1, 0.15) is 11.3 Å². The van der Waals surface area contributed by atoms with E-state index in [4.69, 9.17) is 4.98 Å². The number of fused-ring (bicyclic) bond motifs is 1. The van der Waals surface area contributed by atoms with Crippen molar-refractivity contribution in [1.29, 1.82) is 0 Å². The molecule has 0 amide bonds. The lowest BCUT2D eigenvalue weighted by Crippen LogP contribution is -2.08. The smallest absolute Gasteiger partial charge is 0.222 e. The fourth-order valence-electron chi connectivity index (χ4n) is 3.52. The van der Waals surface area contributed by atoms with E-state index in [1.165, 1.54) is 0 Å². The van der Waals surface area contributed by atoms with Crippen molar-refractivity contribution in [3.8, 4) is 28.4 Å². The van der Waals surface area contributed by atoms with E-state index in [0.717, 1.165) is 27.9 Å². The summed E-state index contributed by atoms with van der Waals surface area (Å²) >= 11 is 0. The van der Waals surface area contributed by atoms with Gasteiger partial charge in [-0.25, -0.2) is 14.5 Å². The van der Waals surface area contributed by atoms with Gasteiger partial charge in [0.15, 0.2) is 11.6 Å². The average Bonchev–Trinajstić information content (AvgIpc) is 3.24. The molecular weight excluding hydrogens is 388 g/mol. The molecule has 5 rings (SSSR count). The molecule has 7 nitrogen and oxygen atoms in total. The summed E-state index contributed by atoms with van der Waals surface area (Å²) in [6, 6.07) is 19.8. The molecule has 1 aromatic carbocycles. The molecule has 0 bridgehead atoms. The lowest BCUT2D eigenvalue weighted by atomic mass is 10.1. The Balaban J connectivity index is 1.67. The second-order valence-corrected chi connectivity index (χ2v) is 7.23. The molecule has 0 radical (unpaired) electrons. The van der Waals surface area contributed by atoms with Gasteiger partial charge >= 0.3 is 0 Å². The van der Waals surface area contributed by atoms with Gasteiger partial charge in [-0.15, -0.1) is 5.10 Å². The molecule has 2 N–H and O–H groups in total. The number of aryl methyl sites for hydroxylation is 1. The molecule has 0 aliphatic heterocycles. The van der Waals surface area contributed by atoms with Gasteiger partial charge in [0.25, 0.3) is 0 Å². The van der Waals surface area contributed by atoms with Gasteiger partial charge in [-0.2, -0.15) is 0 Å². The van der Waals surface area contributed by atoms with Crippen LogP contribution in [0.5, 0.6) is 5.88 Å². The SMILES string of the molecule is Cc1cnc(O)c(-c2nc(NCc3ccccn3)c3c(-c4ccccc4)ccn3n2)c1. The van der Waals surface area contributed by atoms with Crippen molar-refractivity contribution in [2.75, 3.05) is 5.32 Å². The van der Waals surface area contributed by atoms with Gasteiger partial charge in [-0.3, -0.25) is 4.98 Å². The number of anilines is 1. The summed E-state index contributed by atoms with van der Waals surface area (Å²) in [5.41, 5.74) is 5.24. The number of rotatable bonds is 5. The Morgan fingerprint density at radius 2 is 1.81 bits per heavy atom. The van der Waals surface area contributed by atoms with E-state index in [-0.39, 0.29) is 5.88 Å². The lowest BCUT2D eigenvalue weighted by molar-refractivity contribution is 0.455. The molecule has 0 fully saturated rings.